The molecule has 0 amide bonds. The molecule has 18 heavy (non-hydrogen) atoms. The van der Waals surface area contributed by atoms with Crippen molar-refractivity contribution in [2.75, 3.05) is 13.1 Å². The van der Waals surface area contributed by atoms with E-state index in [1.54, 1.807) is 6.07 Å². The van der Waals surface area contributed by atoms with Crippen molar-refractivity contribution in [3.05, 3.63) is 29.8 Å². The zero-order valence-corrected chi connectivity index (χ0v) is 11.0. The van der Waals surface area contributed by atoms with Crippen molar-refractivity contribution >= 4 is 0 Å². The van der Waals surface area contributed by atoms with E-state index in [9.17, 15) is 5.11 Å². The molecular weight excluding hydrogens is 224 g/mol. The molecule has 2 fully saturated rings. The predicted molar refractivity (Wildman–Crippen MR) is 72.5 cm³/mol. The number of nitrogens with one attached hydrogen (secondary N) is 1. The van der Waals surface area contributed by atoms with Crippen LogP contribution in [0.2, 0.25) is 0 Å². The number of piperazine rings is 1. The summed E-state index contributed by atoms with van der Waals surface area (Å²) in [5.74, 6) is 1.26. The third-order valence-corrected chi connectivity index (χ3v) is 4.12. The minimum atomic E-state index is 0.374. The summed E-state index contributed by atoms with van der Waals surface area (Å²) in [7, 11) is 0. The molecule has 3 rings (SSSR count). The third-order valence-electron chi connectivity index (χ3n) is 4.12. The molecule has 2 aliphatic rings. The summed E-state index contributed by atoms with van der Waals surface area (Å²) >= 11 is 0. The maximum atomic E-state index is 9.55. The van der Waals surface area contributed by atoms with Gasteiger partial charge in [-0.2, -0.15) is 0 Å². The number of phenolic OH excluding ortho intramolecular Hbond substituents is 1. The van der Waals surface area contributed by atoms with Crippen LogP contribution in [0, 0.1) is 5.92 Å². The van der Waals surface area contributed by atoms with Crippen LogP contribution in [0.15, 0.2) is 24.3 Å². The number of aromatic hydroxyl groups is 1. The number of nitrogens with zero attached hydrogens (tertiary/aromatic N) is 1. The van der Waals surface area contributed by atoms with Crippen molar-refractivity contribution < 1.29 is 5.11 Å². The summed E-state index contributed by atoms with van der Waals surface area (Å²) < 4.78 is 0. The van der Waals surface area contributed by atoms with E-state index in [4.69, 9.17) is 0 Å². The van der Waals surface area contributed by atoms with Gasteiger partial charge in [0.05, 0.1) is 0 Å². The number of hydrogen-bond acceptors (Lipinski definition) is 3. The molecule has 0 aromatic heterocycles. The molecule has 1 aromatic rings. The fourth-order valence-corrected chi connectivity index (χ4v) is 3.02. The van der Waals surface area contributed by atoms with Crippen LogP contribution in [-0.2, 0) is 6.54 Å². The number of phenols is 1. The molecule has 0 bridgehead atoms. The molecule has 2 N–H and O–H groups in total. The predicted octanol–water partition coefficient (Wildman–Crippen LogP) is 1.96. The second kappa shape index (κ2) is 4.90. The monoisotopic (exact) mass is 246 g/mol. The lowest BCUT2D eigenvalue weighted by molar-refractivity contribution is 0.112. The van der Waals surface area contributed by atoms with Gasteiger partial charge in [0.2, 0.25) is 0 Å². The molecule has 1 aromatic carbocycles. The van der Waals surface area contributed by atoms with Crippen molar-refractivity contribution in [1.29, 1.82) is 0 Å². The van der Waals surface area contributed by atoms with Gasteiger partial charge in [0.25, 0.3) is 0 Å². The Labute approximate surface area is 109 Å². The molecular formula is C15H22N2O. The van der Waals surface area contributed by atoms with Gasteiger partial charge in [0.1, 0.15) is 5.75 Å². The van der Waals surface area contributed by atoms with E-state index in [0.717, 1.165) is 25.6 Å². The maximum absolute atomic E-state index is 9.55. The first-order valence-corrected chi connectivity index (χ1v) is 6.98. The van der Waals surface area contributed by atoms with Crippen molar-refractivity contribution in [2.24, 2.45) is 5.92 Å². The standard InChI is InChI=1S/C15H22N2O/c1-11-9-17(15(8-16-11)13-5-6-13)10-12-3-2-4-14(18)7-12/h2-4,7,11,13,15-16,18H,5-6,8-10H2,1H3. The number of benzene rings is 1. The van der Waals surface area contributed by atoms with Crippen LogP contribution in [0.5, 0.6) is 5.75 Å². The summed E-state index contributed by atoms with van der Waals surface area (Å²) in [4.78, 5) is 2.59. The number of hydrogen-bond donors (Lipinski definition) is 2. The van der Waals surface area contributed by atoms with Crippen LogP contribution in [0.3, 0.4) is 0 Å². The molecule has 1 aliphatic carbocycles. The van der Waals surface area contributed by atoms with E-state index in [-0.39, 0.29) is 0 Å². The lowest BCUT2D eigenvalue weighted by Crippen LogP contribution is -2.55. The second-order valence-corrected chi connectivity index (χ2v) is 5.81. The highest BCUT2D eigenvalue weighted by Crippen LogP contribution is 2.36. The highest BCUT2D eigenvalue weighted by Gasteiger charge is 2.37. The van der Waals surface area contributed by atoms with Gasteiger partial charge in [-0.3, -0.25) is 4.90 Å². The molecule has 1 saturated carbocycles. The average molecular weight is 246 g/mol. The Bertz CT molecular complexity index is 417. The Morgan fingerprint density at radius 1 is 1.39 bits per heavy atom. The Balaban J connectivity index is 1.71. The molecule has 98 valence electrons. The van der Waals surface area contributed by atoms with Gasteiger partial charge in [-0.15, -0.1) is 0 Å². The molecule has 2 atom stereocenters. The summed E-state index contributed by atoms with van der Waals surface area (Å²) in [6.45, 7) is 5.43. The van der Waals surface area contributed by atoms with Crippen LogP contribution in [0.25, 0.3) is 0 Å². The van der Waals surface area contributed by atoms with Gasteiger partial charge in [-0.05, 0) is 43.4 Å². The lowest BCUT2D eigenvalue weighted by atomic mass is 10.0. The molecule has 0 radical (unpaired) electrons. The minimum absolute atomic E-state index is 0.374. The van der Waals surface area contributed by atoms with Crippen molar-refractivity contribution in [2.45, 2.75) is 38.4 Å². The zero-order valence-electron chi connectivity index (χ0n) is 11.0. The lowest BCUT2D eigenvalue weighted by Gasteiger charge is -2.39. The summed E-state index contributed by atoms with van der Waals surface area (Å²) in [5.41, 5.74) is 1.22. The fourth-order valence-electron chi connectivity index (χ4n) is 3.02. The van der Waals surface area contributed by atoms with Gasteiger partial charge in [0.15, 0.2) is 0 Å². The van der Waals surface area contributed by atoms with E-state index in [1.165, 1.54) is 18.4 Å². The Morgan fingerprint density at radius 2 is 2.22 bits per heavy atom. The van der Waals surface area contributed by atoms with E-state index in [1.807, 2.05) is 12.1 Å². The minimum Gasteiger partial charge on any atom is -0.508 e. The van der Waals surface area contributed by atoms with E-state index >= 15 is 0 Å². The molecule has 1 heterocycles. The smallest absolute Gasteiger partial charge is 0.115 e. The zero-order chi connectivity index (χ0) is 12.5. The molecule has 3 nitrogen and oxygen atoms in total. The van der Waals surface area contributed by atoms with Gasteiger partial charge in [0, 0.05) is 31.7 Å². The summed E-state index contributed by atoms with van der Waals surface area (Å²) in [6.07, 6.45) is 2.77. The van der Waals surface area contributed by atoms with Crippen LogP contribution in [0.1, 0.15) is 25.3 Å². The first-order chi connectivity index (χ1) is 8.72. The third kappa shape index (κ3) is 2.68. The van der Waals surface area contributed by atoms with Gasteiger partial charge in [-0.1, -0.05) is 12.1 Å². The summed E-state index contributed by atoms with van der Waals surface area (Å²) in [6, 6.07) is 8.92. The largest absolute Gasteiger partial charge is 0.508 e. The van der Waals surface area contributed by atoms with Crippen LogP contribution < -0.4 is 5.32 Å². The van der Waals surface area contributed by atoms with Crippen molar-refractivity contribution in [3.8, 4) is 5.75 Å². The molecule has 0 spiro atoms. The second-order valence-electron chi connectivity index (χ2n) is 5.81. The quantitative estimate of drug-likeness (QED) is 0.856. The van der Waals surface area contributed by atoms with Gasteiger partial charge < -0.3 is 10.4 Å². The molecule has 1 aliphatic heterocycles. The normalized spacial score (nSPS) is 29.4. The van der Waals surface area contributed by atoms with Crippen molar-refractivity contribution in [1.82, 2.24) is 10.2 Å². The first-order valence-electron chi connectivity index (χ1n) is 6.98. The van der Waals surface area contributed by atoms with E-state index in [0.29, 0.717) is 17.8 Å². The first kappa shape index (κ1) is 12.0. The summed E-state index contributed by atoms with van der Waals surface area (Å²) in [5, 5.41) is 13.1. The maximum Gasteiger partial charge on any atom is 0.115 e. The molecule has 1 saturated heterocycles. The molecule has 2 unspecified atom stereocenters. The fraction of sp³-hybridized carbons (Fsp3) is 0.600. The van der Waals surface area contributed by atoms with Gasteiger partial charge in [-0.25, -0.2) is 0 Å². The highest BCUT2D eigenvalue weighted by atomic mass is 16.3. The number of rotatable bonds is 3. The van der Waals surface area contributed by atoms with Gasteiger partial charge >= 0.3 is 0 Å². The van der Waals surface area contributed by atoms with Crippen LogP contribution in [-0.4, -0.2) is 35.2 Å². The topological polar surface area (TPSA) is 35.5 Å². The Kier molecular flexibility index (Phi) is 3.27. The highest BCUT2D eigenvalue weighted by molar-refractivity contribution is 5.27. The van der Waals surface area contributed by atoms with E-state index < -0.39 is 0 Å². The van der Waals surface area contributed by atoms with Crippen LogP contribution >= 0.6 is 0 Å². The van der Waals surface area contributed by atoms with Crippen LogP contribution in [0.4, 0.5) is 0 Å². The van der Waals surface area contributed by atoms with E-state index in [2.05, 4.69) is 23.2 Å². The Hall–Kier alpha value is -1.06. The van der Waals surface area contributed by atoms with Crippen molar-refractivity contribution in [3.63, 3.8) is 0 Å². The Morgan fingerprint density at radius 3 is 2.94 bits per heavy atom. The molecule has 3 heteroatoms. The SMILES string of the molecule is CC1CN(Cc2cccc(O)c2)C(C2CC2)CN1. The average Bonchev–Trinajstić information content (AvgIpc) is 3.13.